The van der Waals surface area contributed by atoms with E-state index >= 15 is 0 Å². The van der Waals surface area contributed by atoms with Gasteiger partial charge in [-0.25, -0.2) is 4.79 Å². The summed E-state index contributed by atoms with van der Waals surface area (Å²) in [4.78, 5) is 27.4. The molecule has 0 saturated carbocycles. The topological polar surface area (TPSA) is 54.9 Å². The molecule has 0 amide bonds. The molecule has 3 aromatic rings. The van der Waals surface area contributed by atoms with E-state index in [2.05, 4.69) is 11.1 Å². The Morgan fingerprint density at radius 3 is 2.50 bits per heavy atom. The van der Waals surface area contributed by atoms with Gasteiger partial charge in [-0.2, -0.15) is 0 Å². The van der Waals surface area contributed by atoms with Gasteiger partial charge in [0.1, 0.15) is 0 Å². The molecule has 4 nitrogen and oxygen atoms in total. The first-order valence-electron chi connectivity index (χ1n) is 7.66. The Bertz CT molecular complexity index is 975. The second kappa shape index (κ2) is 6.93. The summed E-state index contributed by atoms with van der Waals surface area (Å²) >= 11 is 1.41. The zero-order valence-electron chi connectivity index (χ0n) is 13.6. The first kappa shape index (κ1) is 16.3. The van der Waals surface area contributed by atoms with E-state index in [4.69, 9.17) is 0 Å². The van der Waals surface area contributed by atoms with Crippen molar-refractivity contribution in [3.8, 4) is 0 Å². The number of aryl methyl sites for hydroxylation is 2. The second-order valence-corrected chi connectivity index (χ2v) is 6.80. The van der Waals surface area contributed by atoms with Gasteiger partial charge in [-0.15, -0.1) is 0 Å². The van der Waals surface area contributed by atoms with Crippen molar-refractivity contribution in [3.05, 3.63) is 92.1 Å². The van der Waals surface area contributed by atoms with E-state index in [0.29, 0.717) is 11.6 Å². The third kappa shape index (κ3) is 3.68. The molecule has 3 rings (SSSR count). The highest BCUT2D eigenvalue weighted by Crippen LogP contribution is 2.26. The van der Waals surface area contributed by atoms with Gasteiger partial charge in [0.05, 0.1) is 11.6 Å². The van der Waals surface area contributed by atoms with E-state index in [1.54, 1.807) is 4.57 Å². The van der Waals surface area contributed by atoms with Gasteiger partial charge in [0.15, 0.2) is 0 Å². The summed E-state index contributed by atoms with van der Waals surface area (Å²) in [6, 6.07) is 17.4. The van der Waals surface area contributed by atoms with Gasteiger partial charge in [-0.3, -0.25) is 14.3 Å². The normalized spacial score (nSPS) is 10.8. The molecule has 1 heterocycles. The molecule has 0 aliphatic heterocycles. The molecular formula is C19H18N2O2S. The molecule has 0 radical (unpaired) electrons. The van der Waals surface area contributed by atoms with Crippen LogP contribution in [0.1, 0.15) is 16.7 Å². The van der Waals surface area contributed by atoms with E-state index in [0.717, 1.165) is 21.6 Å². The zero-order chi connectivity index (χ0) is 17.1. The molecular weight excluding hydrogens is 320 g/mol. The number of aromatic nitrogens is 2. The van der Waals surface area contributed by atoms with Gasteiger partial charge in [0.2, 0.25) is 0 Å². The summed E-state index contributed by atoms with van der Waals surface area (Å²) in [5.74, 6) is 0. The number of H-pyrrole nitrogens is 1. The number of rotatable bonds is 4. The Morgan fingerprint density at radius 2 is 1.75 bits per heavy atom. The molecule has 0 unspecified atom stereocenters. The van der Waals surface area contributed by atoms with Crippen LogP contribution in [-0.2, 0) is 6.54 Å². The average Bonchev–Trinajstić information content (AvgIpc) is 2.55. The molecule has 0 saturated heterocycles. The van der Waals surface area contributed by atoms with Crippen molar-refractivity contribution < 1.29 is 0 Å². The largest absolute Gasteiger partial charge is 0.329 e. The smallest absolute Gasteiger partial charge is 0.283 e. The number of benzene rings is 2. The highest BCUT2D eigenvalue weighted by Gasteiger charge is 2.10. The maximum atomic E-state index is 12.3. The Labute approximate surface area is 144 Å². The third-order valence-electron chi connectivity index (χ3n) is 3.79. The minimum atomic E-state index is -0.387. The summed E-state index contributed by atoms with van der Waals surface area (Å²) in [6.45, 7) is 4.48. The predicted octanol–water partition coefficient (Wildman–Crippen LogP) is 3.35. The molecule has 2 aromatic carbocycles. The van der Waals surface area contributed by atoms with Crippen LogP contribution in [0.2, 0.25) is 0 Å². The van der Waals surface area contributed by atoms with Crippen molar-refractivity contribution >= 4 is 11.8 Å². The van der Waals surface area contributed by atoms with Crippen molar-refractivity contribution in [1.29, 1.82) is 0 Å². The molecule has 24 heavy (non-hydrogen) atoms. The minimum Gasteiger partial charge on any atom is -0.283 e. The standard InChI is InChI=1S/C19H18N2O2S/c1-13-8-9-14(2)15(10-13)12-21-18(11-17(22)20-19(21)23)24-16-6-4-3-5-7-16/h3-11H,12H2,1-2H3,(H,20,22,23). The van der Waals surface area contributed by atoms with Gasteiger partial charge in [-0.05, 0) is 37.1 Å². The Morgan fingerprint density at radius 1 is 1.00 bits per heavy atom. The van der Waals surface area contributed by atoms with Crippen LogP contribution in [0.15, 0.2) is 74.1 Å². The summed E-state index contributed by atoms with van der Waals surface area (Å²) < 4.78 is 1.61. The molecule has 0 aliphatic rings. The SMILES string of the molecule is Cc1ccc(C)c(Cn2c(Sc3ccccc3)cc(=O)[nH]c2=O)c1. The zero-order valence-corrected chi connectivity index (χ0v) is 14.4. The fourth-order valence-electron chi connectivity index (χ4n) is 2.48. The van der Waals surface area contributed by atoms with Crippen LogP contribution in [0.3, 0.4) is 0 Å². The average molecular weight is 338 g/mol. The minimum absolute atomic E-state index is 0.379. The van der Waals surface area contributed by atoms with Crippen LogP contribution in [0.4, 0.5) is 0 Å². The summed E-state index contributed by atoms with van der Waals surface area (Å²) in [7, 11) is 0. The Balaban J connectivity index is 2.05. The van der Waals surface area contributed by atoms with Crippen LogP contribution in [-0.4, -0.2) is 9.55 Å². The fourth-order valence-corrected chi connectivity index (χ4v) is 3.44. The molecule has 0 bridgehead atoms. The van der Waals surface area contributed by atoms with Crippen LogP contribution >= 0.6 is 11.8 Å². The number of nitrogens with one attached hydrogen (secondary N) is 1. The third-order valence-corrected chi connectivity index (χ3v) is 4.85. The number of hydrogen-bond donors (Lipinski definition) is 1. The van der Waals surface area contributed by atoms with Crippen molar-refractivity contribution in [1.82, 2.24) is 9.55 Å². The first-order valence-corrected chi connectivity index (χ1v) is 8.48. The Hall–Kier alpha value is -2.53. The fraction of sp³-hybridized carbons (Fsp3) is 0.158. The van der Waals surface area contributed by atoms with Crippen molar-refractivity contribution in [2.45, 2.75) is 30.3 Å². The quantitative estimate of drug-likeness (QED) is 0.742. The van der Waals surface area contributed by atoms with Gasteiger partial charge >= 0.3 is 5.69 Å². The molecule has 0 spiro atoms. The molecule has 1 N–H and O–H groups in total. The number of aromatic amines is 1. The molecule has 0 fully saturated rings. The highest BCUT2D eigenvalue weighted by molar-refractivity contribution is 7.99. The first-order chi connectivity index (χ1) is 11.5. The lowest BCUT2D eigenvalue weighted by Gasteiger charge is -2.13. The maximum Gasteiger partial charge on any atom is 0.329 e. The van der Waals surface area contributed by atoms with E-state index in [9.17, 15) is 9.59 Å². The summed E-state index contributed by atoms with van der Waals surface area (Å²) in [5.41, 5.74) is 2.57. The lowest BCUT2D eigenvalue weighted by atomic mass is 10.1. The maximum absolute atomic E-state index is 12.3. The summed E-state index contributed by atoms with van der Waals surface area (Å²) in [5, 5.41) is 0.635. The van der Waals surface area contributed by atoms with Crippen LogP contribution in [0, 0.1) is 13.8 Å². The van der Waals surface area contributed by atoms with Crippen molar-refractivity contribution in [2.75, 3.05) is 0 Å². The highest BCUT2D eigenvalue weighted by atomic mass is 32.2. The molecule has 122 valence electrons. The van der Waals surface area contributed by atoms with E-state index in [-0.39, 0.29) is 11.2 Å². The molecule has 1 aromatic heterocycles. The predicted molar refractivity (Wildman–Crippen MR) is 96.9 cm³/mol. The van der Waals surface area contributed by atoms with E-state index < -0.39 is 0 Å². The molecule has 0 aliphatic carbocycles. The van der Waals surface area contributed by atoms with Gasteiger partial charge in [0, 0.05) is 11.0 Å². The lowest BCUT2D eigenvalue weighted by molar-refractivity contribution is 0.649. The lowest BCUT2D eigenvalue weighted by Crippen LogP contribution is -2.31. The number of hydrogen-bond acceptors (Lipinski definition) is 3. The van der Waals surface area contributed by atoms with Crippen LogP contribution in [0.5, 0.6) is 0 Å². The van der Waals surface area contributed by atoms with Gasteiger partial charge in [-0.1, -0.05) is 53.7 Å². The summed E-state index contributed by atoms with van der Waals surface area (Å²) in [6.07, 6.45) is 0. The van der Waals surface area contributed by atoms with Crippen LogP contribution in [0.25, 0.3) is 0 Å². The Kier molecular flexibility index (Phi) is 4.71. The monoisotopic (exact) mass is 338 g/mol. The van der Waals surface area contributed by atoms with Crippen molar-refractivity contribution in [3.63, 3.8) is 0 Å². The molecule has 0 atom stereocenters. The number of nitrogens with zero attached hydrogens (tertiary/aromatic N) is 1. The van der Waals surface area contributed by atoms with Gasteiger partial charge in [0.25, 0.3) is 5.56 Å². The van der Waals surface area contributed by atoms with Crippen LogP contribution < -0.4 is 11.2 Å². The van der Waals surface area contributed by atoms with E-state index in [1.807, 2.05) is 56.3 Å². The van der Waals surface area contributed by atoms with E-state index in [1.165, 1.54) is 17.8 Å². The van der Waals surface area contributed by atoms with Crippen molar-refractivity contribution in [2.24, 2.45) is 0 Å². The molecule has 5 heteroatoms. The second-order valence-electron chi connectivity index (χ2n) is 5.71. The van der Waals surface area contributed by atoms with Gasteiger partial charge < -0.3 is 0 Å².